The SMILES string of the molecule is CN[Si](NC)(NCC(C)C)C1CCCC2CCCCC21. The lowest BCUT2D eigenvalue weighted by atomic mass is 9.70. The van der Waals surface area contributed by atoms with Crippen LogP contribution in [0.25, 0.3) is 0 Å². The van der Waals surface area contributed by atoms with Gasteiger partial charge in [0.25, 0.3) is 8.56 Å². The van der Waals surface area contributed by atoms with Crippen molar-refractivity contribution in [3.8, 4) is 0 Å². The van der Waals surface area contributed by atoms with Crippen LogP contribution in [0.1, 0.15) is 58.8 Å². The van der Waals surface area contributed by atoms with Gasteiger partial charge in [-0.05, 0) is 50.4 Å². The van der Waals surface area contributed by atoms with Crippen LogP contribution in [0.2, 0.25) is 5.54 Å². The average molecular weight is 298 g/mol. The van der Waals surface area contributed by atoms with Crippen LogP contribution in [-0.2, 0) is 0 Å². The van der Waals surface area contributed by atoms with Gasteiger partial charge in [0.15, 0.2) is 0 Å². The second-order valence-electron chi connectivity index (χ2n) is 7.33. The molecule has 3 atom stereocenters. The maximum atomic E-state index is 3.95. The van der Waals surface area contributed by atoms with E-state index in [2.05, 4.69) is 42.9 Å². The van der Waals surface area contributed by atoms with Gasteiger partial charge in [0, 0.05) is 0 Å². The Labute approximate surface area is 126 Å². The Morgan fingerprint density at radius 2 is 1.60 bits per heavy atom. The molecule has 0 aromatic heterocycles. The van der Waals surface area contributed by atoms with Gasteiger partial charge in [-0.15, -0.1) is 0 Å². The molecular formula is C16H35N3Si. The smallest absolute Gasteiger partial charge is 0.284 e. The number of fused-ring (bicyclic) bond motifs is 1. The van der Waals surface area contributed by atoms with Crippen molar-refractivity contribution in [1.82, 2.24) is 14.9 Å². The van der Waals surface area contributed by atoms with Crippen LogP contribution >= 0.6 is 0 Å². The molecular weight excluding hydrogens is 262 g/mol. The summed E-state index contributed by atoms with van der Waals surface area (Å²) >= 11 is 0. The molecule has 0 aliphatic heterocycles. The third-order valence-corrected chi connectivity index (χ3v) is 9.88. The van der Waals surface area contributed by atoms with Crippen LogP contribution in [0.15, 0.2) is 0 Å². The first-order valence-electron chi connectivity index (χ1n) is 8.75. The molecule has 0 saturated heterocycles. The van der Waals surface area contributed by atoms with Gasteiger partial charge in [0.2, 0.25) is 0 Å². The van der Waals surface area contributed by atoms with Crippen LogP contribution in [-0.4, -0.2) is 29.2 Å². The van der Waals surface area contributed by atoms with Crippen LogP contribution in [0.5, 0.6) is 0 Å². The van der Waals surface area contributed by atoms with Crippen molar-refractivity contribution in [3.63, 3.8) is 0 Å². The van der Waals surface area contributed by atoms with Gasteiger partial charge in [-0.25, -0.2) is 0 Å². The van der Waals surface area contributed by atoms with E-state index in [-0.39, 0.29) is 0 Å². The van der Waals surface area contributed by atoms with Gasteiger partial charge < -0.3 is 14.9 Å². The predicted molar refractivity (Wildman–Crippen MR) is 89.8 cm³/mol. The zero-order valence-corrected chi connectivity index (χ0v) is 15.0. The third-order valence-electron chi connectivity index (χ3n) is 5.71. The van der Waals surface area contributed by atoms with Gasteiger partial charge in [-0.2, -0.15) is 0 Å². The largest absolute Gasteiger partial charge is 0.316 e. The summed E-state index contributed by atoms with van der Waals surface area (Å²) in [5.74, 6) is 2.69. The second-order valence-corrected chi connectivity index (χ2v) is 11.0. The van der Waals surface area contributed by atoms with E-state index < -0.39 is 8.56 Å². The molecule has 0 spiro atoms. The van der Waals surface area contributed by atoms with E-state index in [1.165, 1.54) is 44.9 Å². The van der Waals surface area contributed by atoms with E-state index in [1.807, 2.05) is 0 Å². The van der Waals surface area contributed by atoms with Crippen molar-refractivity contribution in [2.24, 2.45) is 17.8 Å². The first-order valence-corrected chi connectivity index (χ1v) is 10.8. The Balaban J connectivity index is 2.13. The number of rotatable bonds is 6. The zero-order valence-electron chi connectivity index (χ0n) is 14.0. The molecule has 0 amide bonds. The first kappa shape index (κ1) is 16.5. The molecule has 0 radical (unpaired) electrons. The van der Waals surface area contributed by atoms with Crippen molar-refractivity contribution in [1.29, 1.82) is 0 Å². The summed E-state index contributed by atoms with van der Waals surface area (Å²) < 4.78 is 0. The zero-order chi connectivity index (χ0) is 14.6. The molecule has 4 heteroatoms. The Morgan fingerprint density at radius 1 is 0.950 bits per heavy atom. The molecule has 0 heterocycles. The molecule has 2 fully saturated rings. The van der Waals surface area contributed by atoms with Gasteiger partial charge >= 0.3 is 0 Å². The summed E-state index contributed by atoms with van der Waals surface area (Å²) in [6.45, 7) is 5.74. The predicted octanol–water partition coefficient (Wildman–Crippen LogP) is 2.97. The van der Waals surface area contributed by atoms with Crippen LogP contribution in [0.3, 0.4) is 0 Å². The Morgan fingerprint density at radius 3 is 2.25 bits per heavy atom. The van der Waals surface area contributed by atoms with Gasteiger partial charge in [-0.3, -0.25) is 0 Å². The molecule has 2 rings (SSSR count). The molecule has 0 aromatic carbocycles. The Bertz CT molecular complexity index is 289. The second kappa shape index (κ2) is 7.39. The third kappa shape index (κ3) is 3.46. The fraction of sp³-hybridized carbons (Fsp3) is 1.00. The monoisotopic (exact) mass is 297 g/mol. The normalized spacial score (nSPS) is 31.4. The van der Waals surface area contributed by atoms with E-state index >= 15 is 0 Å². The highest BCUT2D eigenvalue weighted by molar-refractivity contribution is 6.74. The molecule has 20 heavy (non-hydrogen) atoms. The molecule has 0 bridgehead atoms. The molecule has 3 nitrogen and oxygen atoms in total. The van der Waals surface area contributed by atoms with Gasteiger partial charge in [0.05, 0.1) is 0 Å². The minimum atomic E-state index is -1.76. The number of hydrogen-bond acceptors (Lipinski definition) is 3. The first-order chi connectivity index (χ1) is 9.63. The molecule has 2 aliphatic rings. The highest BCUT2D eigenvalue weighted by atomic mass is 28.4. The molecule has 118 valence electrons. The minimum Gasteiger partial charge on any atom is -0.316 e. The standard InChI is InChI=1S/C16H35N3Si/c1-13(2)12-19-20(17-3,18-4)16-11-7-9-14-8-5-6-10-15(14)16/h13-19H,5-12H2,1-4H3. The average Bonchev–Trinajstić information content (AvgIpc) is 2.48. The fourth-order valence-electron chi connectivity index (χ4n) is 4.64. The van der Waals surface area contributed by atoms with E-state index in [9.17, 15) is 0 Å². The minimum absolute atomic E-state index is 0.717. The van der Waals surface area contributed by atoms with Gasteiger partial charge in [-0.1, -0.05) is 52.4 Å². The lowest BCUT2D eigenvalue weighted by Crippen LogP contribution is -2.75. The molecule has 2 saturated carbocycles. The number of hydrogen-bond donors (Lipinski definition) is 3. The number of nitrogens with one attached hydrogen (secondary N) is 3. The van der Waals surface area contributed by atoms with E-state index in [4.69, 9.17) is 0 Å². The topological polar surface area (TPSA) is 36.1 Å². The summed E-state index contributed by atoms with van der Waals surface area (Å²) in [5.41, 5.74) is 0.857. The Kier molecular flexibility index (Phi) is 6.08. The Hall–Kier alpha value is 0.0969. The molecule has 3 unspecified atom stereocenters. The molecule has 2 aliphatic carbocycles. The molecule has 3 N–H and O–H groups in total. The summed E-state index contributed by atoms with van der Waals surface area (Å²) in [6.07, 6.45) is 10.2. The lowest BCUT2D eigenvalue weighted by Gasteiger charge is -2.49. The van der Waals surface area contributed by atoms with E-state index in [1.54, 1.807) is 0 Å². The summed E-state index contributed by atoms with van der Waals surface area (Å²) in [4.78, 5) is 11.4. The van der Waals surface area contributed by atoms with Crippen LogP contribution in [0.4, 0.5) is 0 Å². The maximum absolute atomic E-state index is 3.95. The van der Waals surface area contributed by atoms with Crippen molar-refractivity contribution >= 4 is 8.56 Å². The van der Waals surface area contributed by atoms with Crippen LogP contribution < -0.4 is 14.9 Å². The van der Waals surface area contributed by atoms with E-state index in [0.29, 0.717) is 5.92 Å². The van der Waals surface area contributed by atoms with E-state index in [0.717, 1.165) is 23.9 Å². The van der Waals surface area contributed by atoms with Crippen molar-refractivity contribution in [2.45, 2.75) is 64.3 Å². The van der Waals surface area contributed by atoms with Gasteiger partial charge in [0.1, 0.15) is 0 Å². The molecule has 0 aromatic rings. The summed E-state index contributed by atoms with van der Waals surface area (Å²) in [6, 6.07) is 0. The van der Waals surface area contributed by atoms with Crippen LogP contribution in [0, 0.1) is 17.8 Å². The summed E-state index contributed by atoms with van der Waals surface area (Å²) in [5, 5.41) is 0. The lowest BCUT2D eigenvalue weighted by molar-refractivity contribution is 0.164. The van der Waals surface area contributed by atoms with Crippen molar-refractivity contribution in [3.05, 3.63) is 0 Å². The quantitative estimate of drug-likeness (QED) is 0.660. The summed E-state index contributed by atoms with van der Waals surface area (Å²) in [7, 11) is 2.57. The van der Waals surface area contributed by atoms with Crippen molar-refractivity contribution in [2.75, 3.05) is 20.6 Å². The highest BCUT2D eigenvalue weighted by Crippen LogP contribution is 2.48. The maximum Gasteiger partial charge on any atom is 0.284 e. The fourth-order valence-corrected chi connectivity index (χ4v) is 8.70. The van der Waals surface area contributed by atoms with Crippen molar-refractivity contribution < 1.29 is 0 Å². The highest BCUT2D eigenvalue weighted by Gasteiger charge is 2.48.